The van der Waals surface area contributed by atoms with Crippen molar-refractivity contribution in [3.63, 3.8) is 0 Å². The second kappa shape index (κ2) is 6.27. The van der Waals surface area contributed by atoms with Gasteiger partial charge in [0.05, 0.1) is 17.8 Å². The van der Waals surface area contributed by atoms with Gasteiger partial charge in [0.25, 0.3) is 0 Å². The molecule has 1 aromatic heterocycles. The maximum atomic E-state index is 12.9. The summed E-state index contributed by atoms with van der Waals surface area (Å²) in [6.45, 7) is 1.44. The third-order valence-electron chi connectivity index (χ3n) is 3.96. The monoisotopic (exact) mass is 303 g/mol. The van der Waals surface area contributed by atoms with Crippen LogP contribution in [0.5, 0.6) is 0 Å². The maximum absolute atomic E-state index is 12.9. The van der Waals surface area contributed by atoms with Gasteiger partial charge in [-0.05, 0) is 36.8 Å². The van der Waals surface area contributed by atoms with Crippen LogP contribution in [-0.2, 0) is 11.2 Å². The number of nitrogens with zero attached hydrogens (tertiary/aromatic N) is 3. The number of likely N-dealkylation sites (tertiary alicyclic amines) is 1. The molecule has 116 valence electrons. The van der Waals surface area contributed by atoms with Gasteiger partial charge in [-0.2, -0.15) is 5.10 Å². The van der Waals surface area contributed by atoms with Crippen molar-refractivity contribution in [1.29, 1.82) is 0 Å². The first-order valence-corrected chi connectivity index (χ1v) is 7.35. The highest BCUT2D eigenvalue weighted by Crippen LogP contribution is 2.17. The van der Waals surface area contributed by atoms with E-state index < -0.39 is 0 Å². The standard InChI is InChI=1S/C16H18FN3O2/c17-13-1-3-15(4-2-13)20-8-6-14(18-20)9-16(22)19-7-5-12(10-19)11-21/h1-4,6,8,12,21H,5,7,9-11H2. The summed E-state index contributed by atoms with van der Waals surface area (Å²) in [6.07, 6.45) is 2.86. The summed E-state index contributed by atoms with van der Waals surface area (Å²) in [5.41, 5.74) is 1.43. The van der Waals surface area contributed by atoms with Gasteiger partial charge in [0.1, 0.15) is 5.82 Å². The van der Waals surface area contributed by atoms with Gasteiger partial charge in [-0.3, -0.25) is 4.79 Å². The first-order valence-electron chi connectivity index (χ1n) is 7.35. The second-order valence-corrected chi connectivity index (χ2v) is 5.58. The third kappa shape index (κ3) is 3.17. The van der Waals surface area contributed by atoms with Crippen molar-refractivity contribution < 1.29 is 14.3 Å². The highest BCUT2D eigenvalue weighted by Gasteiger charge is 2.25. The minimum atomic E-state index is -0.293. The number of rotatable bonds is 4. The Morgan fingerprint density at radius 2 is 2.09 bits per heavy atom. The lowest BCUT2D eigenvalue weighted by Gasteiger charge is -2.15. The fraction of sp³-hybridized carbons (Fsp3) is 0.375. The van der Waals surface area contributed by atoms with E-state index >= 15 is 0 Å². The number of benzene rings is 1. The summed E-state index contributed by atoms with van der Waals surface area (Å²) < 4.78 is 14.5. The van der Waals surface area contributed by atoms with Crippen molar-refractivity contribution >= 4 is 5.91 Å². The van der Waals surface area contributed by atoms with Crippen molar-refractivity contribution in [2.24, 2.45) is 5.92 Å². The van der Waals surface area contributed by atoms with Crippen LogP contribution in [0.25, 0.3) is 5.69 Å². The van der Waals surface area contributed by atoms with Gasteiger partial charge in [-0.25, -0.2) is 9.07 Å². The zero-order chi connectivity index (χ0) is 15.5. The summed E-state index contributed by atoms with van der Waals surface area (Å²) in [5, 5.41) is 13.5. The lowest BCUT2D eigenvalue weighted by Crippen LogP contribution is -2.30. The van der Waals surface area contributed by atoms with Crippen LogP contribution in [0.1, 0.15) is 12.1 Å². The fourth-order valence-electron chi connectivity index (χ4n) is 2.67. The summed E-state index contributed by atoms with van der Waals surface area (Å²) in [6, 6.07) is 7.82. The maximum Gasteiger partial charge on any atom is 0.228 e. The molecule has 1 N–H and O–H groups in total. The summed E-state index contributed by atoms with van der Waals surface area (Å²) in [5.74, 6) is -0.0696. The van der Waals surface area contributed by atoms with Gasteiger partial charge in [0.15, 0.2) is 0 Å². The molecule has 2 aromatic rings. The van der Waals surface area contributed by atoms with E-state index in [4.69, 9.17) is 5.11 Å². The van der Waals surface area contributed by atoms with Crippen LogP contribution < -0.4 is 0 Å². The Balaban J connectivity index is 1.64. The Hall–Kier alpha value is -2.21. The Kier molecular flexibility index (Phi) is 4.20. The molecule has 22 heavy (non-hydrogen) atoms. The van der Waals surface area contributed by atoms with Crippen LogP contribution in [0, 0.1) is 11.7 Å². The Morgan fingerprint density at radius 1 is 1.32 bits per heavy atom. The Labute approximate surface area is 128 Å². The van der Waals surface area contributed by atoms with Crippen LogP contribution in [0.15, 0.2) is 36.5 Å². The van der Waals surface area contributed by atoms with Crippen molar-refractivity contribution in [3.05, 3.63) is 48.0 Å². The molecule has 1 saturated heterocycles. The first-order chi connectivity index (χ1) is 10.7. The van der Waals surface area contributed by atoms with Crippen LogP contribution in [0.2, 0.25) is 0 Å². The van der Waals surface area contributed by atoms with Crippen LogP contribution in [0.3, 0.4) is 0 Å². The van der Waals surface area contributed by atoms with Gasteiger partial charge in [0.2, 0.25) is 5.91 Å². The number of amides is 1. The molecule has 2 heterocycles. The number of hydrogen-bond acceptors (Lipinski definition) is 3. The summed E-state index contributed by atoms with van der Waals surface area (Å²) >= 11 is 0. The molecule has 0 saturated carbocycles. The van der Waals surface area contributed by atoms with Gasteiger partial charge in [-0.1, -0.05) is 0 Å². The highest BCUT2D eigenvalue weighted by molar-refractivity contribution is 5.78. The normalized spacial score (nSPS) is 17.9. The molecule has 1 unspecified atom stereocenters. The number of aliphatic hydroxyl groups excluding tert-OH is 1. The van der Waals surface area contributed by atoms with Gasteiger partial charge in [-0.15, -0.1) is 0 Å². The van der Waals surface area contributed by atoms with E-state index in [9.17, 15) is 9.18 Å². The number of halogens is 1. The van der Waals surface area contributed by atoms with E-state index in [-0.39, 0.29) is 30.7 Å². The highest BCUT2D eigenvalue weighted by atomic mass is 19.1. The molecule has 5 nitrogen and oxygen atoms in total. The smallest absolute Gasteiger partial charge is 0.228 e. The molecule has 1 aliphatic heterocycles. The second-order valence-electron chi connectivity index (χ2n) is 5.58. The van der Waals surface area contributed by atoms with Crippen molar-refractivity contribution in [1.82, 2.24) is 14.7 Å². The number of aliphatic hydroxyl groups is 1. The minimum Gasteiger partial charge on any atom is -0.396 e. The number of carbonyl (C=O) groups is 1. The van der Waals surface area contributed by atoms with Crippen molar-refractivity contribution in [3.8, 4) is 5.69 Å². The van der Waals surface area contributed by atoms with E-state index in [1.165, 1.54) is 12.1 Å². The predicted molar refractivity (Wildman–Crippen MR) is 79.0 cm³/mol. The molecule has 1 aromatic carbocycles. The molecule has 6 heteroatoms. The summed E-state index contributed by atoms with van der Waals surface area (Å²) in [4.78, 5) is 14.0. The number of aromatic nitrogens is 2. The Morgan fingerprint density at radius 3 is 2.77 bits per heavy atom. The molecule has 1 aliphatic rings. The average molecular weight is 303 g/mol. The van der Waals surface area contributed by atoms with Crippen LogP contribution in [-0.4, -0.2) is 45.4 Å². The third-order valence-corrected chi connectivity index (χ3v) is 3.96. The minimum absolute atomic E-state index is 0.0281. The average Bonchev–Trinajstić information content (AvgIpc) is 3.17. The molecule has 1 atom stereocenters. The van der Waals surface area contributed by atoms with Crippen molar-refractivity contribution in [2.75, 3.05) is 19.7 Å². The molecular formula is C16H18FN3O2. The lowest BCUT2D eigenvalue weighted by molar-refractivity contribution is -0.129. The predicted octanol–water partition coefficient (Wildman–Crippen LogP) is 1.39. The SMILES string of the molecule is O=C(Cc1ccn(-c2ccc(F)cc2)n1)N1CCC(CO)C1. The van der Waals surface area contributed by atoms with Gasteiger partial charge >= 0.3 is 0 Å². The van der Waals surface area contributed by atoms with E-state index in [1.54, 1.807) is 34.0 Å². The quantitative estimate of drug-likeness (QED) is 0.929. The zero-order valence-corrected chi connectivity index (χ0v) is 12.2. The number of hydrogen-bond donors (Lipinski definition) is 1. The van der Waals surface area contributed by atoms with Gasteiger partial charge < -0.3 is 10.0 Å². The molecule has 1 amide bonds. The van der Waals surface area contributed by atoms with E-state index in [2.05, 4.69) is 5.10 Å². The molecule has 0 spiro atoms. The van der Waals surface area contributed by atoms with Gasteiger partial charge in [0, 0.05) is 31.8 Å². The first kappa shape index (κ1) is 14.7. The van der Waals surface area contributed by atoms with Crippen LogP contribution >= 0.6 is 0 Å². The largest absolute Gasteiger partial charge is 0.396 e. The molecular weight excluding hydrogens is 285 g/mol. The molecule has 0 radical (unpaired) electrons. The number of carbonyl (C=O) groups excluding carboxylic acids is 1. The van der Waals surface area contributed by atoms with Crippen molar-refractivity contribution in [2.45, 2.75) is 12.8 Å². The molecule has 0 bridgehead atoms. The van der Waals surface area contributed by atoms with E-state index in [0.717, 1.165) is 12.1 Å². The lowest BCUT2D eigenvalue weighted by atomic mass is 10.1. The van der Waals surface area contributed by atoms with Crippen LogP contribution in [0.4, 0.5) is 4.39 Å². The Bertz CT molecular complexity index is 654. The topological polar surface area (TPSA) is 58.4 Å². The fourth-order valence-corrected chi connectivity index (χ4v) is 2.67. The molecule has 3 rings (SSSR count). The van der Waals surface area contributed by atoms with E-state index in [1.807, 2.05) is 0 Å². The van der Waals surface area contributed by atoms with E-state index in [0.29, 0.717) is 18.8 Å². The molecule has 1 fully saturated rings. The summed E-state index contributed by atoms with van der Waals surface area (Å²) in [7, 11) is 0. The zero-order valence-electron chi connectivity index (χ0n) is 12.2. The molecule has 0 aliphatic carbocycles.